The van der Waals surface area contributed by atoms with Crippen molar-refractivity contribution < 1.29 is 9.59 Å². The molecule has 2 aromatic rings. The topological polar surface area (TPSA) is 75.2 Å². The third-order valence-corrected chi connectivity index (χ3v) is 4.68. The second-order valence-electron chi connectivity index (χ2n) is 6.41. The van der Waals surface area contributed by atoms with Crippen molar-refractivity contribution in [1.82, 2.24) is 20.2 Å². The zero-order chi connectivity index (χ0) is 20.1. The first-order valence-electron chi connectivity index (χ1n) is 8.99. The minimum Gasteiger partial charge on any atom is -0.354 e. The van der Waals surface area contributed by atoms with Crippen LogP contribution in [0.5, 0.6) is 0 Å². The van der Waals surface area contributed by atoms with Crippen molar-refractivity contribution in [2.45, 2.75) is 31.8 Å². The highest BCUT2D eigenvalue weighted by molar-refractivity contribution is 6.31. The molecule has 1 saturated carbocycles. The van der Waals surface area contributed by atoms with Crippen LogP contribution in [-0.4, -0.2) is 39.3 Å². The lowest BCUT2D eigenvalue weighted by Crippen LogP contribution is -2.44. The number of amides is 2. The molecule has 1 aliphatic rings. The quantitative estimate of drug-likeness (QED) is 0.695. The lowest BCUT2D eigenvalue weighted by atomic mass is 10.0. The van der Waals surface area contributed by atoms with E-state index in [1.165, 1.54) is 6.08 Å². The number of benzene rings is 1. The molecule has 0 radical (unpaired) electrons. The van der Waals surface area contributed by atoms with Crippen molar-refractivity contribution in [2.75, 3.05) is 6.54 Å². The van der Waals surface area contributed by atoms with Crippen molar-refractivity contribution in [3.63, 3.8) is 0 Å². The molecule has 1 aromatic carbocycles. The summed E-state index contributed by atoms with van der Waals surface area (Å²) in [5, 5.41) is 3.25. The Morgan fingerprint density at radius 3 is 2.61 bits per heavy atom. The zero-order valence-corrected chi connectivity index (χ0v) is 16.8. The maximum absolute atomic E-state index is 12.9. The van der Waals surface area contributed by atoms with Crippen LogP contribution in [0.4, 0.5) is 0 Å². The summed E-state index contributed by atoms with van der Waals surface area (Å²) >= 11 is 12.0. The number of rotatable bonds is 7. The van der Waals surface area contributed by atoms with Gasteiger partial charge in [-0.15, -0.1) is 0 Å². The van der Waals surface area contributed by atoms with E-state index in [1.54, 1.807) is 41.6 Å². The molecule has 28 heavy (non-hydrogen) atoms. The highest BCUT2D eigenvalue weighted by Gasteiger charge is 2.40. The van der Waals surface area contributed by atoms with E-state index >= 15 is 0 Å². The van der Waals surface area contributed by atoms with Crippen LogP contribution in [0.1, 0.15) is 31.4 Å². The molecular weight excluding hydrogens is 399 g/mol. The van der Waals surface area contributed by atoms with E-state index < -0.39 is 6.04 Å². The van der Waals surface area contributed by atoms with Crippen LogP contribution in [0.3, 0.4) is 0 Å². The van der Waals surface area contributed by atoms with E-state index in [2.05, 4.69) is 15.3 Å². The van der Waals surface area contributed by atoms with Gasteiger partial charge in [0.25, 0.3) is 0 Å². The molecule has 8 heteroatoms. The van der Waals surface area contributed by atoms with E-state index in [1.807, 2.05) is 6.92 Å². The predicted molar refractivity (Wildman–Crippen MR) is 109 cm³/mol. The molecule has 0 spiro atoms. The third-order valence-electron chi connectivity index (χ3n) is 4.34. The first-order chi connectivity index (χ1) is 13.5. The number of carbonyl (C=O) groups is 2. The van der Waals surface area contributed by atoms with Gasteiger partial charge in [-0.3, -0.25) is 9.59 Å². The van der Waals surface area contributed by atoms with Gasteiger partial charge in [0.05, 0.1) is 0 Å². The Bertz CT molecular complexity index is 885. The van der Waals surface area contributed by atoms with Gasteiger partial charge in [-0.25, -0.2) is 9.97 Å². The fraction of sp³-hybridized carbons (Fsp3) is 0.300. The van der Waals surface area contributed by atoms with Crippen molar-refractivity contribution in [1.29, 1.82) is 0 Å². The fourth-order valence-electron chi connectivity index (χ4n) is 3.07. The largest absolute Gasteiger partial charge is 0.354 e. The fourth-order valence-corrected chi connectivity index (χ4v) is 3.42. The summed E-state index contributed by atoms with van der Waals surface area (Å²) in [4.78, 5) is 35.7. The molecule has 0 unspecified atom stereocenters. The van der Waals surface area contributed by atoms with Gasteiger partial charge < -0.3 is 10.2 Å². The Morgan fingerprint density at radius 1 is 1.29 bits per heavy atom. The number of nitrogens with one attached hydrogen (secondary N) is 1. The number of halogens is 2. The van der Waals surface area contributed by atoms with Crippen LogP contribution < -0.4 is 5.32 Å². The van der Waals surface area contributed by atoms with Gasteiger partial charge >= 0.3 is 0 Å². The molecule has 1 fully saturated rings. The predicted octanol–water partition coefficient (Wildman–Crippen LogP) is 3.72. The molecular formula is C20H20Cl2N4O2. The number of likely N-dealkylation sites (N-methyl/N-ethyl adjacent to an activating group) is 1. The van der Waals surface area contributed by atoms with Gasteiger partial charge in [-0.1, -0.05) is 23.2 Å². The van der Waals surface area contributed by atoms with Crippen molar-refractivity contribution >= 4 is 35.0 Å². The Morgan fingerprint density at radius 2 is 2.00 bits per heavy atom. The van der Waals surface area contributed by atoms with Gasteiger partial charge in [-0.2, -0.15) is 0 Å². The summed E-state index contributed by atoms with van der Waals surface area (Å²) in [6.07, 6.45) is 6.21. The van der Waals surface area contributed by atoms with E-state index in [0.29, 0.717) is 28.5 Å². The standard InChI is InChI=1S/C20H20Cl2N4O2/c1-2-23-20(28)18(26(16-4-5-16)17(27)6-7-21)13-10-14(12-15(22)11-13)19-24-8-3-9-25-19/h3,6-12,16,18H,2,4-5H2,1H3,(H,23,28)/b7-6-/t18-/m1/s1. The molecule has 2 amide bonds. The minimum atomic E-state index is -0.825. The summed E-state index contributed by atoms with van der Waals surface area (Å²) in [5.74, 6) is -0.0926. The van der Waals surface area contributed by atoms with E-state index in [4.69, 9.17) is 23.2 Å². The van der Waals surface area contributed by atoms with E-state index in [9.17, 15) is 9.59 Å². The molecule has 6 nitrogen and oxygen atoms in total. The summed E-state index contributed by atoms with van der Waals surface area (Å²) < 4.78 is 0. The van der Waals surface area contributed by atoms with E-state index in [0.717, 1.165) is 18.4 Å². The first kappa shape index (κ1) is 20.3. The SMILES string of the molecule is CCNC(=O)[C@@H](c1cc(Cl)cc(-c2ncccn2)c1)N(C(=O)/C=C\Cl)C1CC1. The molecule has 1 N–H and O–H groups in total. The third kappa shape index (κ3) is 4.69. The van der Waals surface area contributed by atoms with Crippen molar-refractivity contribution in [3.8, 4) is 11.4 Å². The maximum Gasteiger partial charge on any atom is 0.248 e. The van der Waals surface area contributed by atoms with Gasteiger partial charge in [0.15, 0.2) is 5.82 Å². The van der Waals surface area contributed by atoms with Crippen molar-refractivity contribution in [2.24, 2.45) is 0 Å². The lowest BCUT2D eigenvalue weighted by molar-refractivity contribution is -0.138. The molecule has 1 heterocycles. The second kappa shape index (κ2) is 9.17. The van der Waals surface area contributed by atoms with Gasteiger partial charge in [0, 0.05) is 47.2 Å². The van der Waals surface area contributed by atoms with Crippen LogP contribution in [0.2, 0.25) is 5.02 Å². The number of carbonyl (C=O) groups excluding carboxylic acids is 2. The van der Waals surface area contributed by atoms with Crippen LogP contribution in [0, 0.1) is 0 Å². The average molecular weight is 419 g/mol. The molecule has 1 atom stereocenters. The Hall–Kier alpha value is -2.44. The highest BCUT2D eigenvalue weighted by atomic mass is 35.5. The van der Waals surface area contributed by atoms with Gasteiger partial charge in [0.1, 0.15) is 6.04 Å². The highest BCUT2D eigenvalue weighted by Crippen LogP contribution is 2.37. The molecule has 0 saturated heterocycles. The van der Waals surface area contributed by atoms with Crippen LogP contribution >= 0.6 is 23.2 Å². The lowest BCUT2D eigenvalue weighted by Gasteiger charge is -2.31. The number of hydrogen-bond donors (Lipinski definition) is 1. The maximum atomic E-state index is 12.9. The van der Waals surface area contributed by atoms with Crippen LogP contribution in [0.25, 0.3) is 11.4 Å². The van der Waals surface area contributed by atoms with Crippen LogP contribution in [-0.2, 0) is 9.59 Å². The summed E-state index contributed by atoms with van der Waals surface area (Å²) in [7, 11) is 0. The molecule has 3 rings (SSSR count). The average Bonchev–Trinajstić information content (AvgIpc) is 3.51. The normalized spacial score (nSPS) is 14.7. The number of aromatic nitrogens is 2. The molecule has 0 aliphatic heterocycles. The van der Waals surface area contributed by atoms with Gasteiger partial charge in [0.2, 0.25) is 11.8 Å². The summed E-state index contributed by atoms with van der Waals surface area (Å²) in [6, 6.07) is 6.11. The molecule has 146 valence electrons. The first-order valence-corrected chi connectivity index (χ1v) is 9.81. The van der Waals surface area contributed by atoms with E-state index in [-0.39, 0.29) is 17.9 Å². The number of nitrogens with zero attached hydrogens (tertiary/aromatic N) is 3. The van der Waals surface area contributed by atoms with Crippen LogP contribution in [0.15, 0.2) is 48.3 Å². The minimum absolute atomic E-state index is 0.0108. The summed E-state index contributed by atoms with van der Waals surface area (Å²) in [6.45, 7) is 2.28. The zero-order valence-electron chi connectivity index (χ0n) is 15.3. The Labute approximate surface area is 173 Å². The Balaban J connectivity index is 2.09. The molecule has 1 aromatic heterocycles. The smallest absolute Gasteiger partial charge is 0.248 e. The number of hydrogen-bond acceptors (Lipinski definition) is 4. The molecule has 1 aliphatic carbocycles. The van der Waals surface area contributed by atoms with Crippen molar-refractivity contribution in [3.05, 3.63) is 58.9 Å². The summed E-state index contributed by atoms with van der Waals surface area (Å²) in [5.41, 5.74) is 2.44. The molecule has 0 bridgehead atoms. The Kier molecular flexibility index (Phi) is 6.65. The van der Waals surface area contributed by atoms with Gasteiger partial charge in [-0.05, 0) is 49.6 Å². The second-order valence-corrected chi connectivity index (χ2v) is 7.10. The monoisotopic (exact) mass is 418 g/mol.